The molecule has 2 aromatic rings. The van der Waals surface area contributed by atoms with Crippen molar-refractivity contribution in [2.45, 2.75) is 6.92 Å². The standard InChI is InChI=1S/C13H10ClNO4/c1-7-2-5-11(19-7)12(16)15-10-4-3-8(14)6-9(10)13(17)18/h2-6H,1H3,(H,15,16)(H,17,18). The molecular weight excluding hydrogens is 270 g/mol. The molecule has 5 nitrogen and oxygen atoms in total. The number of rotatable bonds is 3. The first-order valence-electron chi connectivity index (χ1n) is 5.38. The third-order valence-electron chi connectivity index (χ3n) is 2.42. The monoisotopic (exact) mass is 279 g/mol. The predicted octanol–water partition coefficient (Wildman–Crippen LogP) is 3.19. The molecule has 0 aliphatic heterocycles. The van der Waals surface area contributed by atoms with Gasteiger partial charge in [0.25, 0.3) is 5.91 Å². The van der Waals surface area contributed by atoms with E-state index in [0.717, 1.165) is 0 Å². The van der Waals surface area contributed by atoms with Gasteiger partial charge in [0, 0.05) is 5.02 Å². The maximum absolute atomic E-state index is 11.9. The van der Waals surface area contributed by atoms with Gasteiger partial charge in [0.2, 0.25) is 0 Å². The van der Waals surface area contributed by atoms with E-state index in [1.165, 1.54) is 24.3 Å². The van der Waals surface area contributed by atoms with E-state index in [-0.39, 0.29) is 22.0 Å². The van der Waals surface area contributed by atoms with Crippen LogP contribution in [0.2, 0.25) is 5.02 Å². The highest BCUT2D eigenvalue weighted by molar-refractivity contribution is 6.31. The van der Waals surface area contributed by atoms with Crippen LogP contribution in [0.1, 0.15) is 26.7 Å². The fourth-order valence-electron chi connectivity index (χ4n) is 1.54. The summed E-state index contributed by atoms with van der Waals surface area (Å²) in [6.07, 6.45) is 0. The van der Waals surface area contributed by atoms with Crippen molar-refractivity contribution in [3.05, 3.63) is 52.4 Å². The average Bonchev–Trinajstić information content (AvgIpc) is 2.78. The lowest BCUT2D eigenvalue weighted by Gasteiger charge is -2.07. The Kier molecular flexibility index (Phi) is 3.57. The van der Waals surface area contributed by atoms with Gasteiger partial charge in [-0.3, -0.25) is 4.79 Å². The van der Waals surface area contributed by atoms with Crippen molar-refractivity contribution >= 4 is 29.2 Å². The Bertz CT molecular complexity index is 648. The van der Waals surface area contributed by atoms with E-state index in [1.54, 1.807) is 13.0 Å². The van der Waals surface area contributed by atoms with Gasteiger partial charge in [-0.2, -0.15) is 0 Å². The van der Waals surface area contributed by atoms with Gasteiger partial charge in [0.15, 0.2) is 5.76 Å². The second kappa shape index (κ2) is 5.16. The number of aromatic carboxylic acids is 1. The molecule has 0 fully saturated rings. The highest BCUT2D eigenvalue weighted by atomic mass is 35.5. The van der Waals surface area contributed by atoms with Crippen LogP contribution < -0.4 is 5.32 Å². The van der Waals surface area contributed by atoms with Crippen LogP contribution in [0.4, 0.5) is 5.69 Å². The molecule has 0 spiro atoms. The van der Waals surface area contributed by atoms with E-state index in [2.05, 4.69) is 5.32 Å². The van der Waals surface area contributed by atoms with E-state index in [1.807, 2.05) is 0 Å². The van der Waals surface area contributed by atoms with E-state index in [0.29, 0.717) is 5.76 Å². The molecule has 19 heavy (non-hydrogen) atoms. The fourth-order valence-corrected chi connectivity index (χ4v) is 1.71. The minimum Gasteiger partial charge on any atom is -0.478 e. The third-order valence-corrected chi connectivity index (χ3v) is 2.66. The van der Waals surface area contributed by atoms with Crippen LogP contribution in [0.15, 0.2) is 34.7 Å². The number of halogens is 1. The lowest BCUT2D eigenvalue weighted by atomic mass is 10.1. The number of anilines is 1. The average molecular weight is 280 g/mol. The largest absolute Gasteiger partial charge is 0.478 e. The van der Waals surface area contributed by atoms with Crippen LogP contribution in [0, 0.1) is 6.92 Å². The molecule has 6 heteroatoms. The number of carboxylic acid groups (broad SMARTS) is 1. The molecule has 1 amide bonds. The van der Waals surface area contributed by atoms with Gasteiger partial charge < -0.3 is 14.8 Å². The number of hydrogen-bond acceptors (Lipinski definition) is 3. The van der Waals surface area contributed by atoms with E-state index >= 15 is 0 Å². The molecule has 1 aromatic carbocycles. The topological polar surface area (TPSA) is 79.5 Å². The van der Waals surface area contributed by atoms with Crippen LogP contribution in [-0.2, 0) is 0 Å². The van der Waals surface area contributed by atoms with Crippen molar-refractivity contribution in [1.82, 2.24) is 0 Å². The van der Waals surface area contributed by atoms with Crippen molar-refractivity contribution in [2.75, 3.05) is 5.32 Å². The second-order valence-electron chi connectivity index (χ2n) is 3.86. The molecule has 98 valence electrons. The smallest absolute Gasteiger partial charge is 0.337 e. The Morgan fingerprint density at radius 2 is 2.00 bits per heavy atom. The zero-order chi connectivity index (χ0) is 14.0. The van der Waals surface area contributed by atoms with Crippen molar-refractivity contribution in [3.63, 3.8) is 0 Å². The molecule has 0 saturated heterocycles. The summed E-state index contributed by atoms with van der Waals surface area (Å²) in [6, 6.07) is 7.36. The molecule has 0 bridgehead atoms. The summed E-state index contributed by atoms with van der Waals surface area (Å²) >= 11 is 5.72. The Balaban J connectivity index is 2.28. The number of carbonyl (C=O) groups excluding carboxylic acids is 1. The summed E-state index contributed by atoms with van der Waals surface area (Å²) in [5.74, 6) is -0.977. The Morgan fingerprint density at radius 1 is 1.26 bits per heavy atom. The van der Waals surface area contributed by atoms with Crippen LogP contribution >= 0.6 is 11.6 Å². The Labute approximate surface area is 113 Å². The number of amides is 1. The Hall–Kier alpha value is -2.27. The van der Waals surface area contributed by atoms with E-state index in [9.17, 15) is 9.59 Å². The number of aryl methyl sites for hydroxylation is 1. The molecule has 2 N–H and O–H groups in total. The quantitative estimate of drug-likeness (QED) is 0.904. The molecular formula is C13H10ClNO4. The Morgan fingerprint density at radius 3 is 2.58 bits per heavy atom. The highest BCUT2D eigenvalue weighted by Gasteiger charge is 2.16. The zero-order valence-electron chi connectivity index (χ0n) is 9.94. The molecule has 2 rings (SSSR count). The summed E-state index contributed by atoms with van der Waals surface area (Å²) < 4.78 is 5.16. The van der Waals surface area contributed by atoms with Crippen molar-refractivity contribution in [3.8, 4) is 0 Å². The maximum atomic E-state index is 11.9. The summed E-state index contributed by atoms with van der Waals surface area (Å²) in [4.78, 5) is 22.9. The van der Waals surface area contributed by atoms with Gasteiger partial charge in [-0.15, -0.1) is 0 Å². The number of hydrogen-bond donors (Lipinski definition) is 2. The maximum Gasteiger partial charge on any atom is 0.337 e. The summed E-state index contributed by atoms with van der Waals surface area (Å²) in [5.41, 5.74) is 0.0834. The highest BCUT2D eigenvalue weighted by Crippen LogP contribution is 2.21. The zero-order valence-corrected chi connectivity index (χ0v) is 10.7. The van der Waals surface area contributed by atoms with Gasteiger partial charge in [0.1, 0.15) is 5.76 Å². The van der Waals surface area contributed by atoms with Crippen LogP contribution in [0.3, 0.4) is 0 Å². The number of carbonyl (C=O) groups is 2. The summed E-state index contributed by atoms with van der Waals surface area (Å²) in [6.45, 7) is 1.71. The number of benzene rings is 1. The molecule has 0 aliphatic carbocycles. The summed E-state index contributed by atoms with van der Waals surface area (Å²) in [7, 11) is 0. The predicted molar refractivity (Wildman–Crippen MR) is 69.8 cm³/mol. The van der Waals surface area contributed by atoms with Crippen LogP contribution in [-0.4, -0.2) is 17.0 Å². The van der Waals surface area contributed by atoms with Gasteiger partial charge in [0.05, 0.1) is 11.3 Å². The second-order valence-corrected chi connectivity index (χ2v) is 4.30. The van der Waals surface area contributed by atoms with Gasteiger partial charge in [-0.1, -0.05) is 11.6 Å². The van der Waals surface area contributed by atoms with Crippen molar-refractivity contribution in [1.29, 1.82) is 0 Å². The minimum atomic E-state index is -1.17. The number of carboxylic acids is 1. The lowest BCUT2D eigenvalue weighted by molar-refractivity contribution is 0.0698. The molecule has 0 radical (unpaired) electrons. The normalized spacial score (nSPS) is 10.2. The minimum absolute atomic E-state index is 0.0795. The number of nitrogens with one attached hydrogen (secondary N) is 1. The van der Waals surface area contributed by atoms with Crippen molar-refractivity contribution in [2.24, 2.45) is 0 Å². The third kappa shape index (κ3) is 2.95. The molecule has 0 atom stereocenters. The first-order chi connectivity index (χ1) is 8.97. The molecule has 0 saturated carbocycles. The first kappa shape index (κ1) is 13.2. The van der Waals surface area contributed by atoms with E-state index in [4.69, 9.17) is 21.1 Å². The molecule has 0 aliphatic rings. The van der Waals surface area contributed by atoms with Gasteiger partial charge in [-0.05, 0) is 37.3 Å². The van der Waals surface area contributed by atoms with Crippen molar-refractivity contribution < 1.29 is 19.1 Å². The molecule has 1 aromatic heterocycles. The van der Waals surface area contributed by atoms with Crippen LogP contribution in [0.5, 0.6) is 0 Å². The first-order valence-corrected chi connectivity index (χ1v) is 5.76. The van der Waals surface area contributed by atoms with E-state index < -0.39 is 11.9 Å². The van der Waals surface area contributed by atoms with Crippen LogP contribution in [0.25, 0.3) is 0 Å². The van der Waals surface area contributed by atoms with Gasteiger partial charge >= 0.3 is 5.97 Å². The van der Waals surface area contributed by atoms with Gasteiger partial charge in [-0.25, -0.2) is 4.79 Å². The molecule has 0 unspecified atom stereocenters. The fraction of sp³-hybridized carbons (Fsp3) is 0.0769. The number of furan rings is 1. The molecule has 1 heterocycles. The lowest BCUT2D eigenvalue weighted by Crippen LogP contribution is -2.14. The SMILES string of the molecule is Cc1ccc(C(=O)Nc2ccc(Cl)cc2C(=O)O)o1. The summed E-state index contributed by atoms with van der Waals surface area (Å²) in [5, 5.41) is 11.8.